The van der Waals surface area contributed by atoms with Crippen LogP contribution >= 0.6 is 11.6 Å². The molecule has 3 rings (SSSR count). The Kier molecular flexibility index (Phi) is 3.98. The molecule has 21 heavy (non-hydrogen) atoms. The van der Waals surface area contributed by atoms with Crippen LogP contribution in [0.3, 0.4) is 0 Å². The van der Waals surface area contributed by atoms with Gasteiger partial charge in [0.05, 0.1) is 29.8 Å². The smallest absolute Gasteiger partial charge is 0.0997 e. The van der Waals surface area contributed by atoms with Crippen LogP contribution in [0.4, 0.5) is 0 Å². The molecular formula is C17H23ClN2O. The fourth-order valence-corrected chi connectivity index (χ4v) is 3.91. The van der Waals surface area contributed by atoms with Crippen molar-refractivity contribution >= 4 is 17.1 Å². The lowest BCUT2D eigenvalue weighted by Gasteiger charge is -2.40. The maximum atomic E-state index is 11.0. The van der Waals surface area contributed by atoms with E-state index in [0.29, 0.717) is 10.9 Å². The third-order valence-electron chi connectivity index (χ3n) is 5.16. The van der Waals surface area contributed by atoms with Gasteiger partial charge in [-0.15, -0.1) is 0 Å². The summed E-state index contributed by atoms with van der Waals surface area (Å²) in [6.45, 7) is 4.36. The van der Waals surface area contributed by atoms with Crippen molar-refractivity contribution < 1.29 is 5.11 Å². The van der Waals surface area contributed by atoms with E-state index in [2.05, 4.69) is 18.8 Å². The Morgan fingerprint density at radius 1 is 1.29 bits per heavy atom. The molecule has 0 aromatic carbocycles. The number of rotatable bonds is 3. The van der Waals surface area contributed by atoms with E-state index in [9.17, 15) is 5.11 Å². The average Bonchev–Trinajstić information content (AvgIpc) is 2.94. The van der Waals surface area contributed by atoms with E-state index in [4.69, 9.17) is 11.6 Å². The molecule has 0 amide bonds. The van der Waals surface area contributed by atoms with Crippen molar-refractivity contribution in [1.82, 2.24) is 9.38 Å². The quantitative estimate of drug-likeness (QED) is 0.898. The van der Waals surface area contributed by atoms with Crippen LogP contribution in [0.1, 0.15) is 57.7 Å². The number of halogens is 1. The van der Waals surface area contributed by atoms with Gasteiger partial charge in [0.1, 0.15) is 0 Å². The zero-order valence-electron chi connectivity index (χ0n) is 12.7. The number of fused-ring (bicyclic) bond motifs is 1. The number of hydrogen-bond donors (Lipinski definition) is 1. The van der Waals surface area contributed by atoms with Gasteiger partial charge in [-0.3, -0.25) is 0 Å². The largest absolute Gasteiger partial charge is 0.386 e. The van der Waals surface area contributed by atoms with E-state index in [0.717, 1.165) is 11.2 Å². The molecule has 0 spiro atoms. The molecule has 3 nitrogen and oxygen atoms in total. The van der Waals surface area contributed by atoms with Gasteiger partial charge in [-0.05, 0) is 36.3 Å². The van der Waals surface area contributed by atoms with Gasteiger partial charge in [0, 0.05) is 5.02 Å². The molecule has 0 saturated heterocycles. The fraction of sp³-hybridized carbons (Fsp3) is 0.588. The van der Waals surface area contributed by atoms with Gasteiger partial charge in [0.2, 0.25) is 0 Å². The summed E-state index contributed by atoms with van der Waals surface area (Å²) in [6.07, 6.45) is 9.27. The van der Waals surface area contributed by atoms with Gasteiger partial charge < -0.3 is 9.51 Å². The minimum Gasteiger partial charge on any atom is -0.386 e. The number of nitrogens with zero attached hydrogens (tertiary/aromatic N) is 2. The highest BCUT2D eigenvalue weighted by molar-refractivity contribution is 6.31. The minimum absolute atomic E-state index is 0.164. The van der Waals surface area contributed by atoms with E-state index in [1.54, 1.807) is 12.5 Å². The molecule has 1 N–H and O–H groups in total. The third kappa shape index (κ3) is 2.69. The van der Waals surface area contributed by atoms with Crippen molar-refractivity contribution in [2.45, 2.75) is 52.1 Å². The maximum absolute atomic E-state index is 11.0. The molecule has 1 fully saturated rings. The average molecular weight is 307 g/mol. The van der Waals surface area contributed by atoms with Crippen molar-refractivity contribution in [1.29, 1.82) is 0 Å². The molecule has 2 aromatic rings. The Balaban J connectivity index is 1.98. The monoisotopic (exact) mass is 306 g/mol. The van der Waals surface area contributed by atoms with Crippen LogP contribution in [0.2, 0.25) is 5.02 Å². The van der Waals surface area contributed by atoms with E-state index in [1.165, 1.54) is 32.1 Å². The van der Waals surface area contributed by atoms with Crippen molar-refractivity contribution in [3.05, 3.63) is 35.4 Å². The lowest BCUT2D eigenvalue weighted by Crippen LogP contribution is -2.33. The van der Waals surface area contributed by atoms with Crippen LogP contribution in [0.25, 0.3) is 5.52 Å². The highest BCUT2D eigenvalue weighted by Crippen LogP contribution is 2.46. The molecule has 4 heteroatoms. The van der Waals surface area contributed by atoms with Crippen molar-refractivity contribution in [3.63, 3.8) is 0 Å². The van der Waals surface area contributed by atoms with Gasteiger partial charge in [-0.2, -0.15) is 0 Å². The fourth-order valence-electron chi connectivity index (χ4n) is 3.68. The Labute approximate surface area is 131 Å². The summed E-state index contributed by atoms with van der Waals surface area (Å²) in [4.78, 5) is 4.17. The number of imidazole rings is 1. The summed E-state index contributed by atoms with van der Waals surface area (Å²) in [5, 5.41) is 11.7. The third-order valence-corrected chi connectivity index (χ3v) is 5.38. The molecule has 0 radical (unpaired) electrons. The number of aliphatic hydroxyl groups excluding tert-OH is 1. The summed E-state index contributed by atoms with van der Waals surface area (Å²) < 4.78 is 1.95. The summed E-state index contributed by atoms with van der Waals surface area (Å²) in [5.41, 5.74) is 1.60. The van der Waals surface area contributed by atoms with Crippen molar-refractivity contribution in [3.8, 4) is 0 Å². The molecule has 1 aliphatic carbocycles. The van der Waals surface area contributed by atoms with Gasteiger partial charge in [0.15, 0.2) is 0 Å². The Morgan fingerprint density at radius 3 is 2.71 bits per heavy atom. The molecule has 0 aliphatic heterocycles. The second kappa shape index (κ2) is 5.62. The molecular weight excluding hydrogens is 284 g/mol. The predicted molar refractivity (Wildman–Crippen MR) is 85.5 cm³/mol. The summed E-state index contributed by atoms with van der Waals surface area (Å²) in [6, 6.07) is 3.74. The molecule has 2 heterocycles. The molecule has 114 valence electrons. The second-order valence-electron chi connectivity index (χ2n) is 6.85. The van der Waals surface area contributed by atoms with E-state index in [-0.39, 0.29) is 5.41 Å². The van der Waals surface area contributed by atoms with Gasteiger partial charge >= 0.3 is 0 Å². The van der Waals surface area contributed by atoms with Crippen LogP contribution in [0.5, 0.6) is 0 Å². The van der Waals surface area contributed by atoms with E-state index >= 15 is 0 Å². The minimum atomic E-state index is -0.545. The standard InChI is InChI=1S/C17H23ClN2O/c1-17(2,12-6-4-3-5-7-12)16(21)15-9-13(18)8-14-10-19-11-20(14)15/h8-12,16,21H,3-7H2,1-2H3. The lowest BCUT2D eigenvalue weighted by molar-refractivity contribution is -0.0119. The Morgan fingerprint density at radius 2 is 2.00 bits per heavy atom. The van der Waals surface area contributed by atoms with E-state index in [1.807, 2.05) is 16.5 Å². The topological polar surface area (TPSA) is 37.5 Å². The maximum Gasteiger partial charge on any atom is 0.0997 e. The molecule has 2 aromatic heterocycles. The van der Waals surface area contributed by atoms with Crippen LogP contribution in [0.15, 0.2) is 24.7 Å². The van der Waals surface area contributed by atoms with Crippen LogP contribution in [-0.4, -0.2) is 14.5 Å². The first-order chi connectivity index (χ1) is 10.00. The molecule has 1 saturated carbocycles. The first kappa shape index (κ1) is 14.9. The highest BCUT2D eigenvalue weighted by atomic mass is 35.5. The summed E-state index contributed by atoms with van der Waals surface area (Å²) in [5.74, 6) is 0.554. The van der Waals surface area contributed by atoms with Gasteiger partial charge in [0.25, 0.3) is 0 Å². The molecule has 1 atom stereocenters. The zero-order chi connectivity index (χ0) is 15.0. The number of pyridine rings is 1. The van der Waals surface area contributed by atoms with Gasteiger partial charge in [-0.25, -0.2) is 4.98 Å². The van der Waals surface area contributed by atoms with Crippen molar-refractivity contribution in [2.24, 2.45) is 11.3 Å². The molecule has 1 unspecified atom stereocenters. The number of aromatic nitrogens is 2. The molecule has 0 bridgehead atoms. The second-order valence-corrected chi connectivity index (χ2v) is 7.28. The lowest BCUT2D eigenvalue weighted by atomic mass is 9.67. The van der Waals surface area contributed by atoms with Crippen LogP contribution < -0.4 is 0 Å². The SMILES string of the molecule is CC(C)(C1CCCCC1)C(O)c1cc(Cl)cc2cncn12. The summed E-state index contributed by atoms with van der Waals surface area (Å²) in [7, 11) is 0. The number of aliphatic hydroxyl groups is 1. The summed E-state index contributed by atoms with van der Waals surface area (Å²) >= 11 is 6.21. The van der Waals surface area contributed by atoms with Crippen LogP contribution in [-0.2, 0) is 0 Å². The predicted octanol–water partition coefficient (Wildman–Crippen LogP) is 4.63. The highest BCUT2D eigenvalue weighted by Gasteiger charge is 2.38. The Hall–Kier alpha value is -1.06. The zero-order valence-corrected chi connectivity index (χ0v) is 13.5. The number of hydrogen-bond acceptors (Lipinski definition) is 2. The Bertz CT molecular complexity index is 629. The van der Waals surface area contributed by atoms with Crippen molar-refractivity contribution in [2.75, 3.05) is 0 Å². The van der Waals surface area contributed by atoms with Gasteiger partial charge in [-0.1, -0.05) is 44.7 Å². The normalized spacial score (nSPS) is 19.0. The van der Waals surface area contributed by atoms with Crippen LogP contribution in [0, 0.1) is 11.3 Å². The molecule has 1 aliphatic rings. The first-order valence-electron chi connectivity index (χ1n) is 7.79. The van der Waals surface area contributed by atoms with E-state index < -0.39 is 6.10 Å². The first-order valence-corrected chi connectivity index (χ1v) is 8.17.